The lowest BCUT2D eigenvalue weighted by atomic mass is 9.44. The smallest absolute Gasteiger partial charge is 0.0545 e. The molecule has 4 saturated carbocycles. The predicted octanol–water partition coefficient (Wildman–Crippen LogP) is 4.39. The normalized spacial score (nSPS) is 57.3. The minimum absolute atomic E-state index is 0.0374. The highest BCUT2D eigenvalue weighted by Gasteiger charge is 2.60. The molecule has 4 aliphatic carbocycles. The van der Waals surface area contributed by atoms with Gasteiger partial charge in [0.2, 0.25) is 0 Å². The van der Waals surface area contributed by atoms with Crippen LogP contribution in [-0.4, -0.2) is 22.4 Å². The van der Waals surface area contributed by atoms with Crippen molar-refractivity contribution in [2.24, 2.45) is 40.4 Å². The monoisotopic (exact) mass is 320 g/mol. The third-order valence-electron chi connectivity index (χ3n) is 9.29. The first-order valence-electron chi connectivity index (χ1n) is 10.2. The van der Waals surface area contributed by atoms with E-state index in [0.717, 1.165) is 36.5 Å². The molecule has 9 atom stereocenters. The number of hydrogen-bond acceptors (Lipinski definition) is 2. The van der Waals surface area contributed by atoms with Crippen LogP contribution in [0, 0.1) is 40.4 Å². The van der Waals surface area contributed by atoms with Gasteiger partial charge in [-0.1, -0.05) is 13.8 Å². The number of fused-ring (bicyclic) bond motifs is 5. The van der Waals surface area contributed by atoms with Crippen LogP contribution in [0.3, 0.4) is 0 Å². The fourth-order valence-electron chi connectivity index (χ4n) is 8.07. The topological polar surface area (TPSA) is 40.5 Å². The summed E-state index contributed by atoms with van der Waals surface area (Å²) in [5.74, 6) is 3.87. The van der Waals surface area contributed by atoms with Gasteiger partial charge in [0.15, 0.2) is 0 Å². The highest BCUT2D eigenvalue weighted by Crippen LogP contribution is 2.67. The molecule has 2 heteroatoms. The second-order valence-electron chi connectivity index (χ2n) is 10.1. The number of aliphatic hydroxyl groups is 2. The quantitative estimate of drug-likeness (QED) is 0.752. The maximum atomic E-state index is 10.3. The zero-order valence-corrected chi connectivity index (χ0v) is 15.3. The standard InChI is InChI=1S/C21H36O2/c1-13(22)17-6-7-18-16-5-4-14-12-15(23)8-10-20(14,2)19(16)9-11-21(17,18)3/h13-19,22-23H,4-12H2,1-3H3/t13-,14+,15+,16-,17+,18-,19-,20+,21-/m1/s1. The van der Waals surface area contributed by atoms with Gasteiger partial charge in [-0.2, -0.15) is 0 Å². The van der Waals surface area contributed by atoms with E-state index in [9.17, 15) is 10.2 Å². The average Bonchev–Trinajstić information content (AvgIpc) is 2.85. The zero-order chi connectivity index (χ0) is 16.4. The predicted molar refractivity (Wildman–Crippen MR) is 92.9 cm³/mol. The minimum atomic E-state index is -0.140. The molecule has 2 nitrogen and oxygen atoms in total. The van der Waals surface area contributed by atoms with Gasteiger partial charge in [0.1, 0.15) is 0 Å². The number of aliphatic hydroxyl groups excluding tert-OH is 2. The summed E-state index contributed by atoms with van der Waals surface area (Å²) in [6, 6.07) is 0. The Morgan fingerprint density at radius 3 is 2.30 bits per heavy atom. The highest BCUT2D eigenvalue weighted by atomic mass is 16.3. The summed E-state index contributed by atoms with van der Waals surface area (Å²) in [6.07, 6.45) is 11.1. The first-order valence-corrected chi connectivity index (χ1v) is 10.2. The largest absolute Gasteiger partial charge is 0.393 e. The van der Waals surface area contributed by atoms with Crippen LogP contribution < -0.4 is 0 Å². The lowest BCUT2D eigenvalue weighted by Crippen LogP contribution is -2.54. The zero-order valence-electron chi connectivity index (χ0n) is 15.3. The third kappa shape index (κ3) is 2.27. The molecule has 0 amide bonds. The van der Waals surface area contributed by atoms with Gasteiger partial charge in [-0.05, 0) is 105 Å². The lowest BCUT2D eigenvalue weighted by Gasteiger charge is -2.61. The van der Waals surface area contributed by atoms with Crippen molar-refractivity contribution in [3.63, 3.8) is 0 Å². The Bertz CT molecular complexity index is 461. The Morgan fingerprint density at radius 2 is 1.57 bits per heavy atom. The molecule has 2 N–H and O–H groups in total. The minimum Gasteiger partial charge on any atom is -0.393 e. The van der Waals surface area contributed by atoms with Crippen LogP contribution in [0.2, 0.25) is 0 Å². The second kappa shape index (κ2) is 5.46. The molecule has 4 aliphatic rings. The SMILES string of the molecule is C[C@@H](O)[C@@H]1CC[C@@H]2[C@H]3CC[C@H]4C[C@@H](O)CC[C@]4(C)[C@@H]3CC[C@@]21C. The molecule has 0 aromatic carbocycles. The van der Waals surface area contributed by atoms with E-state index >= 15 is 0 Å². The van der Waals surface area contributed by atoms with Crippen molar-refractivity contribution in [2.45, 2.75) is 90.8 Å². The average molecular weight is 321 g/mol. The molecule has 0 aromatic heterocycles. The summed E-state index contributed by atoms with van der Waals surface area (Å²) < 4.78 is 0. The molecule has 0 saturated heterocycles. The maximum absolute atomic E-state index is 10.3. The molecule has 23 heavy (non-hydrogen) atoms. The molecule has 0 unspecified atom stereocenters. The third-order valence-corrected chi connectivity index (χ3v) is 9.29. The Labute approximate surface area is 142 Å². The maximum Gasteiger partial charge on any atom is 0.0545 e. The molecular formula is C21H36O2. The van der Waals surface area contributed by atoms with E-state index in [1.54, 1.807) is 0 Å². The van der Waals surface area contributed by atoms with Gasteiger partial charge in [-0.25, -0.2) is 0 Å². The molecular weight excluding hydrogens is 284 g/mol. The summed E-state index contributed by atoms with van der Waals surface area (Å²) in [5, 5.41) is 20.4. The van der Waals surface area contributed by atoms with Crippen molar-refractivity contribution in [1.82, 2.24) is 0 Å². The van der Waals surface area contributed by atoms with Crippen molar-refractivity contribution in [3.05, 3.63) is 0 Å². The summed E-state index contributed by atoms with van der Waals surface area (Å²) in [4.78, 5) is 0. The van der Waals surface area contributed by atoms with Crippen molar-refractivity contribution in [1.29, 1.82) is 0 Å². The van der Waals surface area contributed by atoms with Crippen LogP contribution in [-0.2, 0) is 0 Å². The van der Waals surface area contributed by atoms with Crippen LogP contribution in [0.4, 0.5) is 0 Å². The first-order chi connectivity index (χ1) is 10.9. The van der Waals surface area contributed by atoms with Crippen molar-refractivity contribution < 1.29 is 10.2 Å². The van der Waals surface area contributed by atoms with Crippen LogP contribution in [0.25, 0.3) is 0 Å². The molecule has 4 fully saturated rings. The van der Waals surface area contributed by atoms with E-state index in [-0.39, 0.29) is 12.2 Å². The van der Waals surface area contributed by atoms with Gasteiger partial charge < -0.3 is 10.2 Å². The first kappa shape index (κ1) is 16.4. The molecule has 0 heterocycles. The van der Waals surface area contributed by atoms with E-state index < -0.39 is 0 Å². The van der Waals surface area contributed by atoms with Gasteiger partial charge >= 0.3 is 0 Å². The van der Waals surface area contributed by atoms with Crippen molar-refractivity contribution in [2.75, 3.05) is 0 Å². The number of rotatable bonds is 1. The molecule has 4 rings (SSSR count). The van der Waals surface area contributed by atoms with E-state index in [4.69, 9.17) is 0 Å². The Hall–Kier alpha value is -0.0800. The van der Waals surface area contributed by atoms with E-state index in [1.807, 2.05) is 6.92 Å². The lowest BCUT2D eigenvalue weighted by molar-refractivity contribution is -0.132. The van der Waals surface area contributed by atoms with Gasteiger partial charge in [-0.3, -0.25) is 0 Å². The van der Waals surface area contributed by atoms with Gasteiger partial charge in [-0.15, -0.1) is 0 Å². The fourth-order valence-corrected chi connectivity index (χ4v) is 8.07. The van der Waals surface area contributed by atoms with Crippen molar-refractivity contribution in [3.8, 4) is 0 Å². The van der Waals surface area contributed by atoms with Crippen LogP contribution in [0.5, 0.6) is 0 Å². The van der Waals surface area contributed by atoms with E-state index in [2.05, 4.69) is 13.8 Å². The van der Waals surface area contributed by atoms with Gasteiger partial charge in [0.25, 0.3) is 0 Å². The van der Waals surface area contributed by atoms with E-state index in [0.29, 0.717) is 16.7 Å². The molecule has 0 aliphatic heterocycles. The summed E-state index contributed by atoms with van der Waals surface area (Å²) in [6.45, 7) is 7.08. The summed E-state index contributed by atoms with van der Waals surface area (Å²) in [7, 11) is 0. The van der Waals surface area contributed by atoms with Crippen LogP contribution >= 0.6 is 0 Å². The van der Waals surface area contributed by atoms with Crippen molar-refractivity contribution >= 4 is 0 Å². The van der Waals surface area contributed by atoms with Crippen LogP contribution in [0.15, 0.2) is 0 Å². The number of hydrogen-bond donors (Lipinski definition) is 2. The van der Waals surface area contributed by atoms with Crippen LogP contribution in [0.1, 0.15) is 78.6 Å². The van der Waals surface area contributed by atoms with E-state index in [1.165, 1.54) is 44.9 Å². The molecule has 0 radical (unpaired) electrons. The molecule has 132 valence electrons. The molecule has 0 aromatic rings. The molecule has 0 spiro atoms. The fraction of sp³-hybridized carbons (Fsp3) is 1.00. The molecule has 0 bridgehead atoms. The summed E-state index contributed by atoms with van der Waals surface area (Å²) >= 11 is 0. The van der Waals surface area contributed by atoms with Gasteiger partial charge in [0.05, 0.1) is 12.2 Å². The Kier molecular flexibility index (Phi) is 3.89. The van der Waals surface area contributed by atoms with Gasteiger partial charge in [0, 0.05) is 0 Å². The Morgan fingerprint density at radius 1 is 0.870 bits per heavy atom. The highest BCUT2D eigenvalue weighted by molar-refractivity contribution is 5.09. The second-order valence-corrected chi connectivity index (χ2v) is 10.1. The Balaban J connectivity index is 1.60. The summed E-state index contributed by atoms with van der Waals surface area (Å²) in [5.41, 5.74) is 0.860.